The maximum absolute atomic E-state index is 10.6. The third-order valence-corrected chi connectivity index (χ3v) is 11.1. The van der Waals surface area contributed by atoms with E-state index in [0.717, 1.165) is 61.0 Å². The van der Waals surface area contributed by atoms with Gasteiger partial charge < -0.3 is 13.7 Å². The molecule has 0 unspecified atom stereocenters. The molecule has 0 N–H and O–H groups in total. The molecule has 8 aromatic carbocycles. The van der Waals surface area contributed by atoms with Gasteiger partial charge in [-0.25, -0.2) is 0 Å². The van der Waals surface area contributed by atoms with Gasteiger partial charge in [-0.1, -0.05) is 97.1 Å². The van der Waals surface area contributed by atoms with Crippen molar-refractivity contribution in [1.29, 1.82) is 10.5 Å². The monoisotopic (exact) mass is 699 g/mol. The zero-order valence-corrected chi connectivity index (χ0v) is 29.5. The number of nitrogens with zero attached hydrogens (tertiary/aromatic N) is 5. The Bertz CT molecular complexity index is 3420. The maximum Gasteiger partial charge on any atom is 0.0998 e. The Kier molecular flexibility index (Phi) is 6.61. The molecule has 5 heteroatoms. The molecule has 0 aliphatic rings. The molecule has 3 heterocycles. The molecular weight excluding hydrogens is 671 g/mol. The van der Waals surface area contributed by atoms with Crippen molar-refractivity contribution in [2.45, 2.75) is 0 Å². The van der Waals surface area contributed by atoms with Crippen molar-refractivity contribution in [2.75, 3.05) is 0 Å². The molecular formula is C50H29N5. The SMILES string of the molecule is N#Cc1cc(-n2c3ccccc3c3c(C#N)cccc32)ccc1-c1cccc(-n2c3ccccc3c3cc(-n4c5ccccc5c5ccccc54)ccc32)c1. The summed E-state index contributed by atoms with van der Waals surface area (Å²) in [4.78, 5) is 0. The van der Waals surface area contributed by atoms with Crippen LogP contribution >= 0.6 is 0 Å². The molecule has 0 aliphatic carbocycles. The molecule has 0 fully saturated rings. The van der Waals surface area contributed by atoms with Crippen LogP contribution in [0, 0.1) is 22.7 Å². The Morgan fingerprint density at radius 1 is 0.327 bits per heavy atom. The molecule has 0 atom stereocenters. The number of hydrogen-bond donors (Lipinski definition) is 0. The zero-order chi connectivity index (χ0) is 36.6. The van der Waals surface area contributed by atoms with Gasteiger partial charge in [0.2, 0.25) is 0 Å². The van der Waals surface area contributed by atoms with E-state index in [1.807, 2.05) is 42.5 Å². The Morgan fingerprint density at radius 2 is 0.800 bits per heavy atom. The minimum atomic E-state index is 0.579. The second-order valence-corrected chi connectivity index (χ2v) is 14.0. The summed E-state index contributed by atoms with van der Waals surface area (Å²) in [5.74, 6) is 0. The van der Waals surface area contributed by atoms with Crippen LogP contribution in [-0.4, -0.2) is 13.7 Å². The zero-order valence-electron chi connectivity index (χ0n) is 29.5. The first-order valence-electron chi connectivity index (χ1n) is 18.3. The summed E-state index contributed by atoms with van der Waals surface area (Å²) in [5, 5.41) is 27.3. The third kappa shape index (κ3) is 4.45. The second-order valence-electron chi connectivity index (χ2n) is 14.0. The summed E-state index contributed by atoms with van der Waals surface area (Å²) in [5.41, 5.74) is 12.6. The Morgan fingerprint density at radius 3 is 1.45 bits per heavy atom. The molecule has 0 saturated heterocycles. The first-order chi connectivity index (χ1) is 27.2. The van der Waals surface area contributed by atoms with E-state index in [4.69, 9.17) is 0 Å². The molecule has 55 heavy (non-hydrogen) atoms. The highest BCUT2D eigenvalue weighted by Gasteiger charge is 2.19. The number of para-hydroxylation sites is 4. The van der Waals surface area contributed by atoms with Gasteiger partial charge in [0.15, 0.2) is 0 Å². The molecule has 254 valence electrons. The predicted molar refractivity (Wildman–Crippen MR) is 224 cm³/mol. The minimum Gasteiger partial charge on any atom is -0.309 e. The number of fused-ring (bicyclic) bond motifs is 9. The van der Waals surface area contributed by atoms with Gasteiger partial charge in [-0.15, -0.1) is 0 Å². The average molecular weight is 700 g/mol. The van der Waals surface area contributed by atoms with Crippen LogP contribution in [0.1, 0.15) is 11.1 Å². The largest absolute Gasteiger partial charge is 0.309 e. The van der Waals surface area contributed by atoms with Crippen molar-refractivity contribution in [1.82, 2.24) is 13.7 Å². The highest BCUT2D eigenvalue weighted by atomic mass is 15.0. The molecule has 11 aromatic rings. The Labute approximate surface area is 316 Å². The van der Waals surface area contributed by atoms with E-state index in [2.05, 4.69) is 159 Å². The van der Waals surface area contributed by atoms with Crippen molar-refractivity contribution < 1.29 is 0 Å². The lowest BCUT2D eigenvalue weighted by molar-refractivity contribution is 1.16. The molecule has 3 aromatic heterocycles. The number of nitriles is 2. The van der Waals surface area contributed by atoms with Crippen molar-refractivity contribution in [3.05, 3.63) is 187 Å². The molecule has 0 saturated carbocycles. The number of benzene rings is 8. The molecule has 0 spiro atoms. The normalized spacial score (nSPS) is 11.6. The van der Waals surface area contributed by atoms with E-state index in [1.165, 1.54) is 32.6 Å². The van der Waals surface area contributed by atoms with E-state index in [-0.39, 0.29) is 0 Å². The highest BCUT2D eigenvalue weighted by molar-refractivity contribution is 6.13. The summed E-state index contributed by atoms with van der Waals surface area (Å²) in [7, 11) is 0. The van der Waals surface area contributed by atoms with Crippen LogP contribution in [0.15, 0.2) is 176 Å². The fourth-order valence-electron chi connectivity index (χ4n) is 8.80. The van der Waals surface area contributed by atoms with Gasteiger partial charge in [-0.05, 0) is 90.0 Å². The lowest BCUT2D eigenvalue weighted by atomic mass is 9.99. The lowest BCUT2D eigenvalue weighted by Crippen LogP contribution is -1.98. The van der Waals surface area contributed by atoms with Crippen LogP contribution in [0.25, 0.3) is 93.6 Å². The van der Waals surface area contributed by atoms with Crippen LogP contribution in [0.4, 0.5) is 0 Å². The van der Waals surface area contributed by atoms with Crippen molar-refractivity contribution in [2.24, 2.45) is 0 Å². The smallest absolute Gasteiger partial charge is 0.0998 e. The van der Waals surface area contributed by atoms with E-state index < -0.39 is 0 Å². The van der Waals surface area contributed by atoms with Crippen molar-refractivity contribution in [3.8, 4) is 40.3 Å². The summed E-state index contributed by atoms with van der Waals surface area (Å²) in [6.45, 7) is 0. The molecule has 0 radical (unpaired) electrons. The quantitative estimate of drug-likeness (QED) is 0.184. The summed E-state index contributed by atoms with van der Waals surface area (Å²) < 4.78 is 6.85. The second kappa shape index (κ2) is 11.8. The third-order valence-electron chi connectivity index (χ3n) is 11.1. The van der Waals surface area contributed by atoms with Gasteiger partial charge in [0.05, 0.1) is 56.4 Å². The van der Waals surface area contributed by atoms with E-state index in [1.54, 1.807) is 0 Å². The summed E-state index contributed by atoms with van der Waals surface area (Å²) in [6.07, 6.45) is 0. The van der Waals surface area contributed by atoms with Gasteiger partial charge >= 0.3 is 0 Å². The standard InChI is InChI=1S/C50H29N5/c51-30-33-12-10-22-49-50(33)42-17-4-8-21-47(42)55(49)36-23-25-38(34(28-36)31-52)32-11-9-13-35(27-32)53-46-20-7-3-16-41(46)43-29-37(24-26-48(43)53)54-44-18-5-1-14-39(44)40-15-2-6-19-45(40)54/h1-29H. The molecule has 0 bridgehead atoms. The summed E-state index contributed by atoms with van der Waals surface area (Å²) in [6, 6.07) is 66.0. The molecule has 0 amide bonds. The number of hydrogen-bond acceptors (Lipinski definition) is 2. The molecule has 11 rings (SSSR count). The lowest BCUT2D eigenvalue weighted by Gasteiger charge is -2.13. The molecule has 5 nitrogen and oxygen atoms in total. The minimum absolute atomic E-state index is 0.579. The van der Waals surface area contributed by atoms with Gasteiger partial charge in [-0.3, -0.25) is 0 Å². The average Bonchev–Trinajstić information content (AvgIpc) is 3.89. The maximum atomic E-state index is 10.6. The van der Waals surface area contributed by atoms with Crippen molar-refractivity contribution >= 4 is 65.4 Å². The number of rotatable bonds is 4. The fourth-order valence-corrected chi connectivity index (χ4v) is 8.80. The van der Waals surface area contributed by atoms with Gasteiger partial charge in [0.1, 0.15) is 0 Å². The van der Waals surface area contributed by atoms with E-state index in [0.29, 0.717) is 11.1 Å². The number of aromatic nitrogens is 3. The van der Waals surface area contributed by atoms with E-state index >= 15 is 0 Å². The Balaban J connectivity index is 1.06. The fraction of sp³-hybridized carbons (Fsp3) is 0. The summed E-state index contributed by atoms with van der Waals surface area (Å²) >= 11 is 0. The van der Waals surface area contributed by atoms with Gasteiger partial charge in [0.25, 0.3) is 0 Å². The van der Waals surface area contributed by atoms with Crippen LogP contribution in [0.5, 0.6) is 0 Å². The predicted octanol–water partition coefficient (Wildman–Crippen LogP) is 12.4. The van der Waals surface area contributed by atoms with Crippen LogP contribution < -0.4 is 0 Å². The first-order valence-corrected chi connectivity index (χ1v) is 18.3. The van der Waals surface area contributed by atoms with E-state index in [9.17, 15) is 10.5 Å². The van der Waals surface area contributed by atoms with Crippen LogP contribution in [-0.2, 0) is 0 Å². The van der Waals surface area contributed by atoms with Gasteiger partial charge in [-0.2, -0.15) is 10.5 Å². The van der Waals surface area contributed by atoms with Crippen molar-refractivity contribution in [3.63, 3.8) is 0 Å². The van der Waals surface area contributed by atoms with Crippen LogP contribution in [0.3, 0.4) is 0 Å². The highest BCUT2D eigenvalue weighted by Crippen LogP contribution is 2.39. The van der Waals surface area contributed by atoms with Crippen LogP contribution in [0.2, 0.25) is 0 Å². The topological polar surface area (TPSA) is 62.4 Å². The Hall–Kier alpha value is -7.86. The first kappa shape index (κ1) is 30.7. The molecule has 0 aliphatic heterocycles. The van der Waals surface area contributed by atoms with Gasteiger partial charge in [0, 0.05) is 49.4 Å².